The van der Waals surface area contributed by atoms with E-state index in [1.54, 1.807) is 0 Å². The number of hydrogen-bond donors (Lipinski definition) is 0. The highest BCUT2D eigenvalue weighted by Crippen LogP contribution is 2.43. The van der Waals surface area contributed by atoms with Crippen LogP contribution in [0.25, 0.3) is 64.4 Å². The highest BCUT2D eigenvalue weighted by Gasteiger charge is 2.19. The average molecular weight is 465 g/mol. The number of aromatic nitrogens is 2. The number of thiophene rings is 1. The second kappa shape index (κ2) is 7.08. The van der Waals surface area contributed by atoms with Gasteiger partial charge in [0, 0.05) is 43.0 Å². The number of nitrogens with zero attached hydrogens (tertiary/aromatic N) is 2. The summed E-state index contributed by atoms with van der Waals surface area (Å²) in [6, 6.07) is 43.8. The molecule has 3 heterocycles. The van der Waals surface area contributed by atoms with Crippen LogP contribution >= 0.6 is 11.3 Å². The van der Waals surface area contributed by atoms with Crippen LogP contribution in [0, 0.1) is 0 Å². The molecule has 2 nitrogen and oxygen atoms in total. The van der Waals surface area contributed by atoms with Crippen LogP contribution in [0.4, 0.5) is 0 Å². The summed E-state index contributed by atoms with van der Waals surface area (Å²) in [5.41, 5.74) is 6.10. The van der Waals surface area contributed by atoms with Gasteiger partial charge in [0.2, 0.25) is 0 Å². The van der Waals surface area contributed by atoms with Crippen molar-refractivity contribution < 1.29 is 0 Å². The van der Waals surface area contributed by atoms with Gasteiger partial charge in [0.05, 0.1) is 16.6 Å². The molecule has 0 unspecified atom stereocenters. The van der Waals surface area contributed by atoms with Gasteiger partial charge in [-0.15, -0.1) is 11.3 Å². The highest BCUT2D eigenvalue weighted by atomic mass is 32.1. The van der Waals surface area contributed by atoms with E-state index in [1.165, 1.54) is 64.4 Å². The number of benzene rings is 5. The molecule has 0 amide bonds. The molecule has 0 spiro atoms. The molecule has 5 aromatic carbocycles. The molecular weight excluding hydrogens is 444 g/mol. The minimum atomic E-state index is 1.18. The number of hydrogen-bond acceptors (Lipinski definition) is 1. The lowest BCUT2D eigenvalue weighted by molar-refractivity contribution is 1.17. The summed E-state index contributed by atoms with van der Waals surface area (Å²) in [6.07, 6.45) is 0. The van der Waals surface area contributed by atoms with Gasteiger partial charge in [0.25, 0.3) is 0 Å². The molecule has 0 radical (unpaired) electrons. The summed E-state index contributed by atoms with van der Waals surface area (Å²) < 4.78 is 6.15. The van der Waals surface area contributed by atoms with Gasteiger partial charge in [0.15, 0.2) is 0 Å². The van der Waals surface area contributed by atoms with Crippen molar-refractivity contribution in [3.05, 3.63) is 121 Å². The van der Waals surface area contributed by atoms with Crippen LogP contribution in [-0.4, -0.2) is 9.13 Å². The largest absolute Gasteiger partial charge is 0.309 e. The van der Waals surface area contributed by atoms with Crippen molar-refractivity contribution in [3.63, 3.8) is 0 Å². The Balaban J connectivity index is 1.49. The third-order valence-corrected chi connectivity index (χ3v) is 8.28. The zero-order chi connectivity index (χ0) is 22.9. The van der Waals surface area contributed by atoms with Crippen LogP contribution in [0.15, 0.2) is 121 Å². The predicted octanol–water partition coefficient (Wildman–Crippen LogP) is 9.10. The van der Waals surface area contributed by atoms with Crippen LogP contribution in [0.2, 0.25) is 0 Å². The van der Waals surface area contributed by atoms with Crippen molar-refractivity contribution in [1.82, 2.24) is 9.13 Å². The third-order valence-electron chi connectivity index (χ3n) is 7.12. The minimum Gasteiger partial charge on any atom is -0.309 e. The van der Waals surface area contributed by atoms with E-state index in [1.807, 2.05) is 11.3 Å². The fourth-order valence-electron chi connectivity index (χ4n) is 5.65. The van der Waals surface area contributed by atoms with Crippen LogP contribution in [0.3, 0.4) is 0 Å². The number of para-hydroxylation sites is 3. The first kappa shape index (κ1) is 19.0. The van der Waals surface area contributed by atoms with Crippen molar-refractivity contribution in [3.8, 4) is 11.4 Å². The zero-order valence-corrected chi connectivity index (χ0v) is 19.7. The summed E-state index contributed by atoms with van der Waals surface area (Å²) in [5, 5.41) is 6.55. The molecule has 3 aromatic heterocycles. The first-order valence-electron chi connectivity index (χ1n) is 11.9. The van der Waals surface area contributed by atoms with E-state index in [4.69, 9.17) is 0 Å². The fraction of sp³-hybridized carbons (Fsp3) is 0. The summed E-state index contributed by atoms with van der Waals surface area (Å²) in [5.74, 6) is 0. The summed E-state index contributed by atoms with van der Waals surface area (Å²) in [7, 11) is 0. The van der Waals surface area contributed by atoms with Crippen LogP contribution in [0.1, 0.15) is 0 Å². The smallest absolute Gasteiger partial charge is 0.109 e. The molecule has 8 rings (SSSR count). The van der Waals surface area contributed by atoms with Gasteiger partial charge in [-0.25, -0.2) is 0 Å². The van der Waals surface area contributed by atoms with Gasteiger partial charge in [-0.1, -0.05) is 72.8 Å². The number of rotatable bonds is 2. The molecule has 0 atom stereocenters. The second-order valence-electron chi connectivity index (χ2n) is 9.02. The topological polar surface area (TPSA) is 9.86 Å². The summed E-state index contributed by atoms with van der Waals surface area (Å²) in [6.45, 7) is 0. The molecule has 0 saturated heterocycles. The minimum absolute atomic E-state index is 1.18. The van der Waals surface area contributed by atoms with Gasteiger partial charge < -0.3 is 9.13 Å². The molecule has 0 N–H and O–H groups in total. The molecule has 0 fully saturated rings. The molecule has 0 bridgehead atoms. The van der Waals surface area contributed by atoms with E-state index >= 15 is 0 Å². The Kier molecular flexibility index (Phi) is 3.85. The maximum atomic E-state index is 2.45. The van der Waals surface area contributed by atoms with Gasteiger partial charge in [-0.3, -0.25) is 0 Å². The van der Waals surface area contributed by atoms with E-state index < -0.39 is 0 Å². The molecule has 0 saturated carbocycles. The Bertz CT molecular complexity index is 2050. The Morgan fingerprint density at radius 3 is 1.89 bits per heavy atom. The van der Waals surface area contributed by atoms with E-state index in [9.17, 15) is 0 Å². The molecule has 164 valence electrons. The van der Waals surface area contributed by atoms with Crippen molar-refractivity contribution >= 4 is 64.3 Å². The quantitative estimate of drug-likeness (QED) is 0.241. The van der Waals surface area contributed by atoms with Crippen LogP contribution in [-0.2, 0) is 0 Å². The monoisotopic (exact) mass is 464 g/mol. The lowest BCUT2D eigenvalue weighted by Crippen LogP contribution is -1.95. The van der Waals surface area contributed by atoms with E-state index in [-0.39, 0.29) is 0 Å². The lowest BCUT2D eigenvalue weighted by Gasteiger charge is -2.09. The molecule has 0 aliphatic rings. The molecule has 8 aromatic rings. The molecule has 35 heavy (non-hydrogen) atoms. The predicted molar refractivity (Wildman–Crippen MR) is 151 cm³/mol. The van der Waals surface area contributed by atoms with E-state index in [2.05, 4.69) is 130 Å². The lowest BCUT2D eigenvalue weighted by atomic mass is 10.1. The molecule has 0 aliphatic heterocycles. The Morgan fingerprint density at radius 1 is 0.429 bits per heavy atom. The maximum Gasteiger partial charge on any atom is 0.109 e. The van der Waals surface area contributed by atoms with Crippen molar-refractivity contribution in [2.24, 2.45) is 0 Å². The molecule has 3 heteroatoms. The number of fused-ring (bicyclic) bond motifs is 8. The van der Waals surface area contributed by atoms with E-state index in [0.717, 1.165) is 0 Å². The normalized spacial score (nSPS) is 12.0. The fourth-order valence-corrected chi connectivity index (χ4v) is 6.90. The van der Waals surface area contributed by atoms with E-state index in [0.29, 0.717) is 0 Å². The van der Waals surface area contributed by atoms with Crippen molar-refractivity contribution in [1.29, 1.82) is 0 Å². The van der Waals surface area contributed by atoms with Crippen LogP contribution in [0.5, 0.6) is 0 Å². The standard InChI is InChI=1S/C32H20N2S/c1-2-10-21(11-3-1)33-27-15-7-4-12-23(27)26-20-22(18-19-29(26)33)34-28-16-8-5-13-24(28)31-25-14-6-9-17-30(25)35-32(31)34/h1-20H. The zero-order valence-electron chi connectivity index (χ0n) is 18.8. The Labute approximate surface area is 205 Å². The van der Waals surface area contributed by atoms with Crippen molar-refractivity contribution in [2.45, 2.75) is 0 Å². The molecule has 0 aliphatic carbocycles. The first-order valence-corrected chi connectivity index (χ1v) is 12.7. The first-order chi connectivity index (χ1) is 17.4. The Morgan fingerprint density at radius 2 is 1.06 bits per heavy atom. The Hall–Kier alpha value is -4.34. The summed E-state index contributed by atoms with van der Waals surface area (Å²) >= 11 is 1.88. The average Bonchev–Trinajstić information content (AvgIpc) is 3.55. The third kappa shape index (κ3) is 2.59. The second-order valence-corrected chi connectivity index (χ2v) is 10.1. The van der Waals surface area contributed by atoms with Gasteiger partial charge in [-0.2, -0.15) is 0 Å². The SMILES string of the molecule is c1ccc(-n2c3ccccc3c3cc(-n4c5ccccc5c5c6ccccc6sc54)ccc32)cc1. The van der Waals surface area contributed by atoms with Gasteiger partial charge >= 0.3 is 0 Å². The summed E-state index contributed by atoms with van der Waals surface area (Å²) in [4.78, 5) is 1.30. The van der Waals surface area contributed by atoms with Gasteiger partial charge in [-0.05, 0) is 48.5 Å². The van der Waals surface area contributed by atoms with Gasteiger partial charge in [0.1, 0.15) is 4.83 Å². The molecular formula is C32H20N2S. The maximum absolute atomic E-state index is 2.45. The highest BCUT2D eigenvalue weighted by molar-refractivity contribution is 7.25. The van der Waals surface area contributed by atoms with Crippen molar-refractivity contribution in [2.75, 3.05) is 0 Å². The van der Waals surface area contributed by atoms with Crippen LogP contribution < -0.4 is 0 Å².